The molecular formula is C7H13N5. The van der Waals surface area contributed by atoms with E-state index in [2.05, 4.69) is 39.8 Å². The Kier molecular flexibility index (Phi) is 1.61. The van der Waals surface area contributed by atoms with E-state index in [1.807, 2.05) is 0 Å². The maximum atomic E-state index is 3.99. The van der Waals surface area contributed by atoms with E-state index in [1.54, 1.807) is 0 Å². The van der Waals surface area contributed by atoms with Crippen LogP contribution in [0.25, 0.3) is 0 Å². The summed E-state index contributed by atoms with van der Waals surface area (Å²) in [7, 11) is 0. The van der Waals surface area contributed by atoms with Crippen LogP contribution < -0.4 is 5.32 Å². The molecule has 1 aromatic heterocycles. The molecule has 2 N–H and O–H groups in total. The van der Waals surface area contributed by atoms with Crippen molar-refractivity contribution in [3.63, 3.8) is 0 Å². The zero-order valence-electron chi connectivity index (χ0n) is 7.33. The van der Waals surface area contributed by atoms with E-state index < -0.39 is 0 Å². The Balaban J connectivity index is 2.12. The van der Waals surface area contributed by atoms with Crippen molar-refractivity contribution in [1.82, 2.24) is 25.9 Å². The van der Waals surface area contributed by atoms with Gasteiger partial charge in [0.2, 0.25) is 0 Å². The minimum atomic E-state index is 0.0289. The van der Waals surface area contributed by atoms with Crippen LogP contribution in [0.2, 0.25) is 0 Å². The van der Waals surface area contributed by atoms with Gasteiger partial charge in [0.1, 0.15) is 0 Å². The number of H-pyrrole nitrogens is 1. The summed E-state index contributed by atoms with van der Waals surface area (Å²) >= 11 is 0. The van der Waals surface area contributed by atoms with Gasteiger partial charge in [0.25, 0.3) is 0 Å². The number of rotatable bonds is 3. The zero-order valence-corrected chi connectivity index (χ0v) is 7.33. The monoisotopic (exact) mass is 167 g/mol. The van der Waals surface area contributed by atoms with Gasteiger partial charge in [-0.15, -0.1) is 10.2 Å². The molecule has 0 amide bonds. The molecule has 0 bridgehead atoms. The van der Waals surface area contributed by atoms with Gasteiger partial charge in [-0.2, -0.15) is 5.21 Å². The number of nitrogens with zero attached hydrogens (tertiary/aromatic N) is 3. The van der Waals surface area contributed by atoms with Crippen LogP contribution >= 0.6 is 0 Å². The van der Waals surface area contributed by atoms with Gasteiger partial charge in [0, 0.05) is 6.04 Å². The average molecular weight is 167 g/mol. The molecule has 0 atom stereocenters. The van der Waals surface area contributed by atoms with E-state index in [4.69, 9.17) is 0 Å². The molecule has 1 fully saturated rings. The fourth-order valence-corrected chi connectivity index (χ4v) is 1.47. The average Bonchev–Trinajstić information content (AvgIpc) is 2.61. The minimum Gasteiger partial charge on any atom is -0.302 e. The Hall–Kier alpha value is -0.970. The van der Waals surface area contributed by atoms with Crippen LogP contribution in [0.5, 0.6) is 0 Å². The highest BCUT2D eigenvalue weighted by Crippen LogP contribution is 2.43. The number of hydrogen-bond donors (Lipinski definition) is 2. The van der Waals surface area contributed by atoms with Crippen molar-refractivity contribution in [1.29, 1.82) is 0 Å². The highest BCUT2D eigenvalue weighted by Gasteiger charge is 2.48. The second kappa shape index (κ2) is 2.52. The largest absolute Gasteiger partial charge is 0.302 e. The fourth-order valence-electron chi connectivity index (χ4n) is 1.47. The summed E-state index contributed by atoms with van der Waals surface area (Å²) in [5.74, 6) is 0.802. The lowest BCUT2D eigenvalue weighted by Gasteiger charge is -2.15. The fraction of sp³-hybridized carbons (Fsp3) is 0.857. The SMILES string of the molecule is CC(C)NC1(c2nn[nH]n2)CC1. The number of aromatic nitrogens is 4. The lowest BCUT2D eigenvalue weighted by molar-refractivity contribution is 0.441. The van der Waals surface area contributed by atoms with E-state index in [0.717, 1.165) is 18.7 Å². The van der Waals surface area contributed by atoms with Crippen molar-refractivity contribution in [3.05, 3.63) is 5.82 Å². The van der Waals surface area contributed by atoms with Crippen molar-refractivity contribution >= 4 is 0 Å². The molecule has 1 aromatic rings. The Labute approximate surface area is 70.9 Å². The first-order chi connectivity index (χ1) is 5.73. The lowest BCUT2D eigenvalue weighted by atomic mass is 10.2. The van der Waals surface area contributed by atoms with Crippen molar-refractivity contribution in [2.45, 2.75) is 38.3 Å². The topological polar surface area (TPSA) is 66.5 Å². The summed E-state index contributed by atoms with van der Waals surface area (Å²) in [4.78, 5) is 0. The van der Waals surface area contributed by atoms with Gasteiger partial charge in [0.05, 0.1) is 5.54 Å². The molecule has 2 rings (SSSR count). The highest BCUT2D eigenvalue weighted by molar-refractivity contribution is 5.13. The number of tetrazole rings is 1. The third-order valence-electron chi connectivity index (χ3n) is 2.09. The van der Waals surface area contributed by atoms with E-state index in [-0.39, 0.29) is 5.54 Å². The quantitative estimate of drug-likeness (QED) is 0.674. The first-order valence-corrected chi connectivity index (χ1v) is 4.24. The van der Waals surface area contributed by atoms with Gasteiger partial charge < -0.3 is 5.32 Å². The molecule has 0 radical (unpaired) electrons. The Morgan fingerprint density at radius 3 is 2.67 bits per heavy atom. The predicted octanol–water partition coefficient (Wildman–Crippen LogP) is 0.187. The normalized spacial score (nSPS) is 19.9. The van der Waals surface area contributed by atoms with E-state index >= 15 is 0 Å². The Morgan fingerprint density at radius 1 is 1.50 bits per heavy atom. The summed E-state index contributed by atoms with van der Waals surface area (Å²) in [6.07, 6.45) is 2.23. The highest BCUT2D eigenvalue weighted by atomic mass is 15.5. The smallest absolute Gasteiger partial charge is 0.194 e. The summed E-state index contributed by atoms with van der Waals surface area (Å²) in [5.41, 5.74) is 0.0289. The second-order valence-corrected chi connectivity index (χ2v) is 3.62. The van der Waals surface area contributed by atoms with Gasteiger partial charge in [-0.1, -0.05) is 5.21 Å². The Morgan fingerprint density at radius 2 is 2.25 bits per heavy atom. The third kappa shape index (κ3) is 1.20. The Bertz CT molecular complexity index is 249. The molecule has 1 saturated carbocycles. The van der Waals surface area contributed by atoms with Crippen LogP contribution in [-0.2, 0) is 5.54 Å². The molecule has 0 saturated heterocycles. The number of nitrogens with one attached hydrogen (secondary N) is 2. The first-order valence-electron chi connectivity index (χ1n) is 4.24. The third-order valence-corrected chi connectivity index (χ3v) is 2.09. The van der Waals surface area contributed by atoms with Crippen LogP contribution in [-0.4, -0.2) is 26.7 Å². The van der Waals surface area contributed by atoms with Crippen LogP contribution in [0.4, 0.5) is 0 Å². The first kappa shape index (κ1) is 7.67. The van der Waals surface area contributed by atoms with E-state index in [0.29, 0.717) is 6.04 Å². The van der Waals surface area contributed by atoms with Crippen molar-refractivity contribution in [2.24, 2.45) is 0 Å². The van der Waals surface area contributed by atoms with Crippen molar-refractivity contribution in [2.75, 3.05) is 0 Å². The standard InChI is InChI=1S/C7H13N5/c1-5(2)8-7(3-4-7)6-9-11-12-10-6/h5,8H,3-4H2,1-2H3,(H,9,10,11,12). The summed E-state index contributed by atoms with van der Waals surface area (Å²) in [6, 6.07) is 0.464. The molecule has 1 aliphatic carbocycles. The molecule has 1 heterocycles. The van der Waals surface area contributed by atoms with Gasteiger partial charge in [-0.25, -0.2) is 0 Å². The molecular weight excluding hydrogens is 154 g/mol. The van der Waals surface area contributed by atoms with Crippen molar-refractivity contribution < 1.29 is 0 Å². The predicted molar refractivity (Wildman–Crippen MR) is 43.4 cm³/mol. The maximum absolute atomic E-state index is 3.99. The van der Waals surface area contributed by atoms with Gasteiger partial charge >= 0.3 is 0 Å². The van der Waals surface area contributed by atoms with Gasteiger partial charge in [-0.3, -0.25) is 0 Å². The van der Waals surface area contributed by atoms with E-state index in [9.17, 15) is 0 Å². The summed E-state index contributed by atoms with van der Waals surface area (Å²) in [5, 5.41) is 17.5. The molecule has 12 heavy (non-hydrogen) atoms. The van der Waals surface area contributed by atoms with E-state index in [1.165, 1.54) is 0 Å². The molecule has 0 unspecified atom stereocenters. The minimum absolute atomic E-state index is 0.0289. The summed E-state index contributed by atoms with van der Waals surface area (Å²) in [6.45, 7) is 4.25. The molecule has 5 nitrogen and oxygen atoms in total. The molecule has 1 aliphatic rings. The molecule has 0 spiro atoms. The van der Waals surface area contributed by atoms with Gasteiger partial charge in [0.15, 0.2) is 5.82 Å². The lowest BCUT2D eigenvalue weighted by Crippen LogP contribution is -2.35. The van der Waals surface area contributed by atoms with Crippen LogP contribution in [0, 0.1) is 0 Å². The molecule has 5 heteroatoms. The molecule has 0 aliphatic heterocycles. The van der Waals surface area contributed by atoms with Crippen molar-refractivity contribution in [3.8, 4) is 0 Å². The summed E-state index contributed by atoms with van der Waals surface area (Å²) < 4.78 is 0. The molecule has 0 aromatic carbocycles. The van der Waals surface area contributed by atoms with Crippen LogP contribution in [0.3, 0.4) is 0 Å². The maximum Gasteiger partial charge on any atom is 0.194 e. The van der Waals surface area contributed by atoms with Crippen LogP contribution in [0.15, 0.2) is 0 Å². The number of aromatic amines is 1. The second-order valence-electron chi connectivity index (χ2n) is 3.62. The van der Waals surface area contributed by atoms with Crippen LogP contribution in [0.1, 0.15) is 32.5 Å². The number of hydrogen-bond acceptors (Lipinski definition) is 4. The van der Waals surface area contributed by atoms with Gasteiger partial charge in [-0.05, 0) is 26.7 Å². The zero-order chi connectivity index (χ0) is 8.60. The molecule has 66 valence electrons.